The normalized spacial score (nSPS) is 10.5. The van der Waals surface area contributed by atoms with Gasteiger partial charge in [0.1, 0.15) is 12.4 Å². The molecule has 2 rings (SSSR count). The van der Waals surface area contributed by atoms with Gasteiger partial charge in [0.15, 0.2) is 0 Å². The Morgan fingerprint density at radius 3 is 2.53 bits per heavy atom. The van der Waals surface area contributed by atoms with Crippen LogP contribution < -0.4 is 10.5 Å². The topological polar surface area (TPSA) is 35.2 Å². The first kappa shape index (κ1) is 14.6. The van der Waals surface area contributed by atoms with Gasteiger partial charge in [-0.3, -0.25) is 0 Å². The zero-order chi connectivity index (χ0) is 13.7. The van der Waals surface area contributed by atoms with Crippen LogP contribution in [0.1, 0.15) is 11.1 Å². The molecule has 19 heavy (non-hydrogen) atoms. The first-order chi connectivity index (χ1) is 9.20. The van der Waals surface area contributed by atoms with E-state index in [-0.39, 0.29) is 0 Å². The summed E-state index contributed by atoms with van der Waals surface area (Å²) in [7, 11) is 0. The molecule has 2 nitrogen and oxygen atoms in total. The molecule has 0 saturated heterocycles. The third kappa shape index (κ3) is 4.06. The van der Waals surface area contributed by atoms with E-state index in [2.05, 4.69) is 37.9 Å². The van der Waals surface area contributed by atoms with Crippen LogP contribution in [0.15, 0.2) is 51.4 Å². The van der Waals surface area contributed by atoms with Crippen LogP contribution in [0.2, 0.25) is 0 Å². The quantitative estimate of drug-likeness (QED) is 0.834. The van der Waals surface area contributed by atoms with Crippen LogP contribution in [-0.2, 0) is 13.0 Å². The largest absolute Gasteiger partial charge is 0.489 e. The summed E-state index contributed by atoms with van der Waals surface area (Å²) < 4.78 is 8.01. The SMILES string of the molecule is NCCc1cc(Br)ccc1OCc1ccccc1Br. The lowest BCUT2D eigenvalue weighted by atomic mass is 10.1. The van der Waals surface area contributed by atoms with Crippen molar-refractivity contribution >= 4 is 31.9 Å². The van der Waals surface area contributed by atoms with E-state index >= 15 is 0 Å². The van der Waals surface area contributed by atoms with Gasteiger partial charge < -0.3 is 10.5 Å². The maximum atomic E-state index is 5.91. The molecular formula is C15H15Br2NO. The minimum Gasteiger partial charge on any atom is -0.489 e. The molecule has 100 valence electrons. The smallest absolute Gasteiger partial charge is 0.123 e. The van der Waals surface area contributed by atoms with Gasteiger partial charge >= 0.3 is 0 Å². The Morgan fingerprint density at radius 2 is 1.79 bits per heavy atom. The molecule has 0 spiro atoms. The number of ether oxygens (including phenoxy) is 1. The van der Waals surface area contributed by atoms with Crippen LogP contribution in [0, 0.1) is 0 Å². The minimum atomic E-state index is 0.542. The minimum absolute atomic E-state index is 0.542. The summed E-state index contributed by atoms with van der Waals surface area (Å²) in [6.45, 7) is 1.16. The van der Waals surface area contributed by atoms with E-state index in [4.69, 9.17) is 10.5 Å². The van der Waals surface area contributed by atoms with Crippen molar-refractivity contribution in [2.45, 2.75) is 13.0 Å². The summed E-state index contributed by atoms with van der Waals surface area (Å²) in [5.41, 5.74) is 7.89. The van der Waals surface area contributed by atoms with Crippen LogP contribution in [0.25, 0.3) is 0 Å². The monoisotopic (exact) mass is 383 g/mol. The summed E-state index contributed by atoms with van der Waals surface area (Å²) >= 11 is 6.99. The second kappa shape index (κ2) is 7.08. The molecule has 0 atom stereocenters. The Labute approximate surface area is 130 Å². The molecule has 0 bridgehead atoms. The average Bonchev–Trinajstić information content (AvgIpc) is 2.40. The molecular weight excluding hydrogens is 370 g/mol. The van der Waals surface area contributed by atoms with E-state index < -0.39 is 0 Å². The van der Waals surface area contributed by atoms with Gasteiger partial charge in [0, 0.05) is 14.5 Å². The standard InChI is InChI=1S/C15H15Br2NO/c16-13-5-6-15(11(9-13)7-8-18)19-10-12-3-1-2-4-14(12)17/h1-6,9H,7-8,10,18H2. The lowest BCUT2D eigenvalue weighted by molar-refractivity contribution is 0.302. The van der Waals surface area contributed by atoms with Gasteiger partial charge in [-0.25, -0.2) is 0 Å². The van der Waals surface area contributed by atoms with Gasteiger partial charge in [0.25, 0.3) is 0 Å². The zero-order valence-electron chi connectivity index (χ0n) is 10.4. The van der Waals surface area contributed by atoms with E-state index in [1.165, 1.54) is 0 Å². The van der Waals surface area contributed by atoms with Gasteiger partial charge in [0.05, 0.1) is 0 Å². The number of benzene rings is 2. The maximum absolute atomic E-state index is 5.91. The van der Waals surface area contributed by atoms with Crippen LogP contribution in [-0.4, -0.2) is 6.54 Å². The molecule has 0 aliphatic heterocycles. The van der Waals surface area contributed by atoms with Crippen LogP contribution in [0.4, 0.5) is 0 Å². The number of hydrogen-bond acceptors (Lipinski definition) is 2. The van der Waals surface area contributed by atoms with Crippen LogP contribution in [0.3, 0.4) is 0 Å². The highest BCUT2D eigenvalue weighted by Gasteiger charge is 2.06. The van der Waals surface area contributed by atoms with Crippen molar-refractivity contribution in [2.24, 2.45) is 5.73 Å². The van der Waals surface area contributed by atoms with Crippen LogP contribution >= 0.6 is 31.9 Å². The fraction of sp³-hybridized carbons (Fsp3) is 0.200. The van der Waals surface area contributed by atoms with Crippen molar-refractivity contribution < 1.29 is 4.74 Å². The Morgan fingerprint density at radius 1 is 1.00 bits per heavy atom. The van der Waals surface area contributed by atoms with E-state index in [0.717, 1.165) is 32.2 Å². The van der Waals surface area contributed by atoms with E-state index in [1.54, 1.807) is 0 Å². The highest BCUT2D eigenvalue weighted by molar-refractivity contribution is 9.10. The van der Waals surface area contributed by atoms with E-state index in [1.807, 2.05) is 36.4 Å². The summed E-state index contributed by atoms with van der Waals surface area (Å²) in [5.74, 6) is 0.893. The van der Waals surface area contributed by atoms with E-state index in [9.17, 15) is 0 Å². The van der Waals surface area contributed by atoms with Crippen LogP contribution in [0.5, 0.6) is 5.75 Å². The Hall–Kier alpha value is -0.840. The fourth-order valence-electron chi connectivity index (χ4n) is 1.81. The number of hydrogen-bond donors (Lipinski definition) is 1. The molecule has 0 unspecified atom stereocenters. The molecule has 4 heteroatoms. The summed E-state index contributed by atoms with van der Waals surface area (Å²) in [4.78, 5) is 0. The molecule has 0 heterocycles. The number of rotatable bonds is 5. The highest BCUT2D eigenvalue weighted by atomic mass is 79.9. The zero-order valence-corrected chi connectivity index (χ0v) is 13.6. The van der Waals surface area contributed by atoms with Gasteiger partial charge in [-0.05, 0) is 42.8 Å². The van der Waals surface area contributed by atoms with Crippen molar-refractivity contribution in [3.63, 3.8) is 0 Å². The number of nitrogens with two attached hydrogens (primary N) is 1. The molecule has 2 aromatic rings. The van der Waals surface area contributed by atoms with Crippen molar-refractivity contribution in [1.82, 2.24) is 0 Å². The summed E-state index contributed by atoms with van der Waals surface area (Å²) in [6.07, 6.45) is 0.810. The Kier molecular flexibility index (Phi) is 5.43. The van der Waals surface area contributed by atoms with Gasteiger partial charge in [0.2, 0.25) is 0 Å². The molecule has 0 amide bonds. The molecule has 0 aliphatic rings. The molecule has 0 aliphatic carbocycles. The molecule has 0 fully saturated rings. The fourth-order valence-corrected chi connectivity index (χ4v) is 2.62. The molecule has 0 aromatic heterocycles. The second-order valence-electron chi connectivity index (χ2n) is 4.17. The van der Waals surface area contributed by atoms with Gasteiger partial charge in [-0.15, -0.1) is 0 Å². The second-order valence-corrected chi connectivity index (χ2v) is 5.94. The third-order valence-electron chi connectivity index (χ3n) is 2.78. The predicted octanol–water partition coefficient (Wildman–Crippen LogP) is 4.29. The molecule has 2 aromatic carbocycles. The third-order valence-corrected chi connectivity index (χ3v) is 4.04. The highest BCUT2D eigenvalue weighted by Crippen LogP contribution is 2.25. The lowest BCUT2D eigenvalue weighted by Crippen LogP contribution is -2.05. The van der Waals surface area contributed by atoms with E-state index in [0.29, 0.717) is 13.2 Å². The Bertz CT molecular complexity index is 558. The average molecular weight is 385 g/mol. The van der Waals surface area contributed by atoms with Crippen molar-refractivity contribution in [3.8, 4) is 5.75 Å². The molecule has 0 saturated carbocycles. The lowest BCUT2D eigenvalue weighted by Gasteiger charge is -2.12. The maximum Gasteiger partial charge on any atom is 0.123 e. The Balaban J connectivity index is 2.13. The first-order valence-corrected chi connectivity index (χ1v) is 7.64. The van der Waals surface area contributed by atoms with Crippen molar-refractivity contribution in [1.29, 1.82) is 0 Å². The predicted molar refractivity (Wildman–Crippen MR) is 85.4 cm³/mol. The molecule has 0 radical (unpaired) electrons. The summed E-state index contributed by atoms with van der Waals surface area (Å²) in [5, 5.41) is 0. The molecule has 2 N–H and O–H groups in total. The van der Waals surface area contributed by atoms with Gasteiger partial charge in [-0.1, -0.05) is 50.1 Å². The summed E-state index contributed by atoms with van der Waals surface area (Å²) in [6, 6.07) is 14.1. The first-order valence-electron chi connectivity index (χ1n) is 6.05. The van der Waals surface area contributed by atoms with Crippen molar-refractivity contribution in [3.05, 3.63) is 62.5 Å². The van der Waals surface area contributed by atoms with Gasteiger partial charge in [-0.2, -0.15) is 0 Å². The number of halogens is 2. The van der Waals surface area contributed by atoms with Crippen molar-refractivity contribution in [2.75, 3.05) is 6.54 Å².